The Balaban J connectivity index is 2.80. The molecule has 0 unspecified atom stereocenters. The van der Waals surface area contributed by atoms with Gasteiger partial charge in [0.1, 0.15) is 0 Å². The zero-order chi connectivity index (χ0) is 12.6. The fourth-order valence-electron chi connectivity index (χ4n) is 1.38. The molecule has 0 radical (unpaired) electrons. The number of benzene rings is 1. The second-order valence-corrected chi connectivity index (χ2v) is 3.97. The molecule has 0 saturated carbocycles. The summed E-state index contributed by atoms with van der Waals surface area (Å²) in [4.78, 5) is 3.65. The minimum atomic E-state index is -1.46. The first-order chi connectivity index (χ1) is 8.04. The van der Waals surface area contributed by atoms with E-state index in [1.165, 1.54) is 24.5 Å². The van der Waals surface area contributed by atoms with Crippen LogP contribution in [-0.4, -0.2) is 4.98 Å². The Morgan fingerprint density at radius 1 is 0.824 bits per heavy atom. The molecule has 1 nitrogen and oxygen atoms in total. The van der Waals surface area contributed by atoms with Gasteiger partial charge in [-0.25, -0.2) is 17.6 Å². The van der Waals surface area contributed by atoms with Gasteiger partial charge in [-0.1, -0.05) is 0 Å². The third-order valence-corrected chi connectivity index (χ3v) is 2.88. The Kier molecular flexibility index (Phi) is 3.15. The van der Waals surface area contributed by atoms with Gasteiger partial charge < -0.3 is 0 Å². The van der Waals surface area contributed by atoms with Crippen LogP contribution in [0.2, 0.25) is 0 Å². The summed E-state index contributed by atoms with van der Waals surface area (Å²) in [6.07, 6.45) is 2.54. The van der Waals surface area contributed by atoms with Crippen LogP contribution in [0.1, 0.15) is 0 Å². The van der Waals surface area contributed by atoms with Crippen LogP contribution < -0.4 is 0 Å². The standard InChI is InChI=1S/C11H4BrF4N/c12-7-10(15)8(13)6(9(14)11(7)16)5-1-3-17-4-2-5/h1-4H. The van der Waals surface area contributed by atoms with Gasteiger partial charge in [-0.15, -0.1) is 0 Å². The van der Waals surface area contributed by atoms with Crippen LogP contribution in [0.3, 0.4) is 0 Å². The molecule has 0 fully saturated rings. The average molecular weight is 306 g/mol. The van der Waals surface area contributed by atoms with E-state index in [2.05, 4.69) is 20.9 Å². The average Bonchev–Trinajstić information content (AvgIpc) is 2.36. The molecule has 1 aromatic carbocycles. The van der Waals surface area contributed by atoms with Crippen LogP contribution >= 0.6 is 15.9 Å². The highest BCUT2D eigenvalue weighted by atomic mass is 79.9. The number of halogens is 5. The molecule has 0 saturated heterocycles. The smallest absolute Gasteiger partial charge is 0.176 e. The Morgan fingerprint density at radius 3 is 1.76 bits per heavy atom. The van der Waals surface area contributed by atoms with Crippen molar-refractivity contribution >= 4 is 15.9 Å². The van der Waals surface area contributed by atoms with Gasteiger partial charge in [0.15, 0.2) is 23.3 Å². The second-order valence-electron chi connectivity index (χ2n) is 3.18. The Bertz CT molecular complexity index is 542. The number of nitrogens with zero attached hydrogens (tertiary/aromatic N) is 1. The van der Waals surface area contributed by atoms with Crippen LogP contribution in [0.5, 0.6) is 0 Å². The van der Waals surface area contributed by atoms with Crippen molar-refractivity contribution in [3.63, 3.8) is 0 Å². The maximum Gasteiger partial charge on any atom is 0.176 e. The molecular weight excluding hydrogens is 302 g/mol. The SMILES string of the molecule is Fc1c(F)c(-c2ccncc2)c(F)c(F)c1Br. The normalized spacial score (nSPS) is 10.6. The van der Waals surface area contributed by atoms with Crippen molar-refractivity contribution in [2.24, 2.45) is 0 Å². The monoisotopic (exact) mass is 305 g/mol. The van der Waals surface area contributed by atoms with Crippen LogP contribution in [0, 0.1) is 23.3 Å². The van der Waals surface area contributed by atoms with E-state index in [1.54, 1.807) is 0 Å². The fraction of sp³-hybridized carbons (Fsp3) is 0. The third-order valence-electron chi connectivity index (χ3n) is 2.18. The van der Waals surface area contributed by atoms with Crippen LogP contribution in [-0.2, 0) is 0 Å². The minimum absolute atomic E-state index is 0.0142. The lowest BCUT2D eigenvalue weighted by molar-refractivity contribution is 0.451. The molecule has 0 aliphatic heterocycles. The van der Waals surface area contributed by atoms with Gasteiger partial charge in [0, 0.05) is 12.4 Å². The van der Waals surface area contributed by atoms with E-state index in [1.807, 2.05) is 0 Å². The van der Waals surface area contributed by atoms with Gasteiger partial charge in [-0.05, 0) is 33.6 Å². The Hall–Kier alpha value is -1.43. The molecule has 0 N–H and O–H groups in total. The predicted octanol–water partition coefficient (Wildman–Crippen LogP) is 4.07. The van der Waals surface area contributed by atoms with E-state index in [4.69, 9.17) is 0 Å². The maximum atomic E-state index is 13.6. The van der Waals surface area contributed by atoms with E-state index < -0.39 is 33.3 Å². The topological polar surface area (TPSA) is 12.9 Å². The highest BCUT2D eigenvalue weighted by Crippen LogP contribution is 2.33. The van der Waals surface area contributed by atoms with Crippen LogP contribution in [0.25, 0.3) is 11.1 Å². The van der Waals surface area contributed by atoms with Crippen molar-refractivity contribution in [1.82, 2.24) is 4.98 Å². The van der Waals surface area contributed by atoms with Gasteiger partial charge in [0.05, 0.1) is 10.0 Å². The van der Waals surface area contributed by atoms with E-state index >= 15 is 0 Å². The van der Waals surface area contributed by atoms with Crippen LogP contribution in [0.4, 0.5) is 17.6 Å². The highest BCUT2D eigenvalue weighted by molar-refractivity contribution is 9.10. The quantitative estimate of drug-likeness (QED) is 0.440. The summed E-state index contributed by atoms with van der Waals surface area (Å²) >= 11 is 2.45. The lowest BCUT2D eigenvalue weighted by Crippen LogP contribution is -2.00. The number of aromatic nitrogens is 1. The van der Waals surface area contributed by atoms with E-state index in [9.17, 15) is 17.6 Å². The van der Waals surface area contributed by atoms with Crippen molar-refractivity contribution in [2.75, 3.05) is 0 Å². The van der Waals surface area contributed by atoms with Crippen molar-refractivity contribution in [1.29, 1.82) is 0 Å². The number of hydrogen-bond donors (Lipinski definition) is 0. The maximum absolute atomic E-state index is 13.6. The molecule has 0 bridgehead atoms. The molecule has 1 aromatic heterocycles. The minimum Gasteiger partial charge on any atom is -0.265 e. The lowest BCUT2D eigenvalue weighted by Gasteiger charge is -2.08. The molecule has 17 heavy (non-hydrogen) atoms. The molecule has 1 heterocycles. The summed E-state index contributed by atoms with van der Waals surface area (Å²) < 4.78 is 52.8. The van der Waals surface area contributed by atoms with E-state index in [-0.39, 0.29) is 5.56 Å². The largest absolute Gasteiger partial charge is 0.265 e. The van der Waals surface area contributed by atoms with Gasteiger partial charge in [-0.2, -0.15) is 0 Å². The molecule has 0 aliphatic rings. The molecule has 6 heteroatoms. The summed E-state index contributed by atoms with van der Waals surface area (Å²) in [6.45, 7) is 0. The van der Waals surface area contributed by atoms with Crippen molar-refractivity contribution in [3.8, 4) is 11.1 Å². The van der Waals surface area contributed by atoms with Gasteiger partial charge in [-0.3, -0.25) is 4.98 Å². The van der Waals surface area contributed by atoms with Crippen molar-refractivity contribution in [3.05, 3.63) is 52.3 Å². The van der Waals surface area contributed by atoms with Crippen molar-refractivity contribution in [2.45, 2.75) is 0 Å². The number of hydrogen-bond acceptors (Lipinski definition) is 1. The van der Waals surface area contributed by atoms with Crippen molar-refractivity contribution < 1.29 is 17.6 Å². The number of rotatable bonds is 1. The Morgan fingerprint density at radius 2 is 1.29 bits per heavy atom. The second kappa shape index (κ2) is 4.44. The molecule has 0 atom stereocenters. The van der Waals surface area contributed by atoms with E-state index in [0.717, 1.165) is 0 Å². The summed E-state index contributed by atoms with van der Waals surface area (Å²) in [7, 11) is 0. The third kappa shape index (κ3) is 1.93. The first-order valence-electron chi connectivity index (χ1n) is 4.46. The fourth-order valence-corrected chi connectivity index (χ4v) is 1.73. The summed E-state index contributed by atoms with van der Waals surface area (Å²) in [5.74, 6) is -5.81. The Labute approximate surface area is 102 Å². The summed E-state index contributed by atoms with van der Waals surface area (Å²) in [5.41, 5.74) is -0.731. The summed E-state index contributed by atoms with van der Waals surface area (Å²) in [5, 5.41) is 0. The molecule has 0 amide bonds. The van der Waals surface area contributed by atoms with Gasteiger partial charge >= 0.3 is 0 Å². The highest BCUT2D eigenvalue weighted by Gasteiger charge is 2.24. The molecule has 0 aliphatic carbocycles. The van der Waals surface area contributed by atoms with Gasteiger partial charge in [0.2, 0.25) is 0 Å². The molecule has 2 aromatic rings. The first kappa shape index (κ1) is 12.0. The van der Waals surface area contributed by atoms with Crippen LogP contribution in [0.15, 0.2) is 29.0 Å². The summed E-state index contributed by atoms with van der Waals surface area (Å²) in [6, 6.07) is 2.52. The molecule has 88 valence electrons. The zero-order valence-electron chi connectivity index (χ0n) is 8.15. The predicted molar refractivity (Wildman–Crippen MR) is 57.2 cm³/mol. The molecule has 0 spiro atoms. The molecular formula is C11H4BrF4N. The lowest BCUT2D eigenvalue weighted by atomic mass is 10.1. The molecule has 2 rings (SSSR count). The number of pyridine rings is 1. The van der Waals surface area contributed by atoms with Gasteiger partial charge in [0.25, 0.3) is 0 Å². The first-order valence-corrected chi connectivity index (χ1v) is 5.25. The van der Waals surface area contributed by atoms with E-state index in [0.29, 0.717) is 0 Å². The zero-order valence-corrected chi connectivity index (χ0v) is 9.73.